The van der Waals surface area contributed by atoms with E-state index in [-0.39, 0.29) is 0 Å². The van der Waals surface area contributed by atoms with E-state index in [9.17, 15) is 0 Å². The van der Waals surface area contributed by atoms with E-state index in [1.54, 1.807) is 0 Å². The van der Waals surface area contributed by atoms with Gasteiger partial charge in [0.25, 0.3) is 0 Å². The molecule has 3 nitrogen and oxygen atoms in total. The Morgan fingerprint density at radius 1 is 1.27 bits per heavy atom. The molecule has 0 saturated carbocycles. The van der Waals surface area contributed by atoms with E-state index in [1.165, 1.54) is 5.56 Å². The minimum atomic E-state index is 0.828. The standard InChI is InChI=1S/C11H16BrN3/c12-10-5-9(6-11(13)7-10)8-15-3-1-14-2-4-15/h5-7,14H,1-4,8,13H2. The maximum atomic E-state index is 5.80. The molecule has 4 heteroatoms. The van der Waals surface area contributed by atoms with Gasteiger partial charge >= 0.3 is 0 Å². The molecule has 0 unspecified atom stereocenters. The molecule has 0 aliphatic carbocycles. The highest BCUT2D eigenvalue weighted by atomic mass is 79.9. The molecule has 1 fully saturated rings. The number of nitrogens with two attached hydrogens (primary N) is 1. The molecular formula is C11H16BrN3. The van der Waals surface area contributed by atoms with Crippen molar-refractivity contribution in [2.24, 2.45) is 0 Å². The zero-order chi connectivity index (χ0) is 10.7. The third-order valence-corrected chi connectivity index (χ3v) is 3.05. The molecule has 0 amide bonds. The van der Waals surface area contributed by atoms with Crippen LogP contribution in [0.2, 0.25) is 0 Å². The fourth-order valence-electron chi connectivity index (χ4n) is 1.89. The first-order valence-corrected chi connectivity index (χ1v) is 6.01. The molecule has 82 valence electrons. The van der Waals surface area contributed by atoms with Crippen molar-refractivity contribution in [3.63, 3.8) is 0 Å². The van der Waals surface area contributed by atoms with Crippen LogP contribution in [0.5, 0.6) is 0 Å². The molecule has 1 aliphatic rings. The highest BCUT2D eigenvalue weighted by Gasteiger charge is 2.10. The van der Waals surface area contributed by atoms with Crippen LogP contribution in [0.4, 0.5) is 5.69 Å². The number of hydrogen-bond donors (Lipinski definition) is 2. The molecular weight excluding hydrogens is 254 g/mol. The van der Waals surface area contributed by atoms with E-state index >= 15 is 0 Å². The van der Waals surface area contributed by atoms with Gasteiger partial charge in [0.1, 0.15) is 0 Å². The van der Waals surface area contributed by atoms with Gasteiger partial charge in [-0.25, -0.2) is 0 Å². The van der Waals surface area contributed by atoms with Gasteiger partial charge in [0, 0.05) is 42.9 Å². The summed E-state index contributed by atoms with van der Waals surface area (Å²) in [4.78, 5) is 2.44. The van der Waals surface area contributed by atoms with Crippen LogP contribution in [0.1, 0.15) is 5.56 Å². The summed E-state index contributed by atoms with van der Waals surface area (Å²) in [5.74, 6) is 0. The fourth-order valence-corrected chi connectivity index (χ4v) is 2.45. The van der Waals surface area contributed by atoms with Crippen molar-refractivity contribution in [1.82, 2.24) is 10.2 Å². The van der Waals surface area contributed by atoms with Crippen LogP contribution >= 0.6 is 15.9 Å². The fraction of sp³-hybridized carbons (Fsp3) is 0.455. The summed E-state index contributed by atoms with van der Waals surface area (Å²) < 4.78 is 1.06. The number of benzene rings is 1. The van der Waals surface area contributed by atoms with Gasteiger partial charge in [-0.05, 0) is 23.8 Å². The first kappa shape index (κ1) is 10.9. The first-order chi connectivity index (χ1) is 7.24. The molecule has 0 bridgehead atoms. The third kappa shape index (κ3) is 3.19. The summed E-state index contributed by atoms with van der Waals surface area (Å²) >= 11 is 3.47. The number of nitrogens with zero attached hydrogens (tertiary/aromatic N) is 1. The van der Waals surface area contributed by atoms with Gasteiger partial charge in [-0.2, -0.15) is 0 Å². The Balaban J connectivity index is 2.02. The monoisotopic (exact) mass is 269 g/mol. The van der Waals surface area contributed by atoms with Gasteiger partial charge in [-0.1, -0.05) is 15.9 Å². The summed E-state index contributed by atoms with van der Waals surface area (Å²) in [5.41, 5.74) is 7.91. The van der Waals surface area contributed by atoms with E-state index in [0.717, 1.165) is 42.9 Å². The molecule has 0 radical (unpaired) electrons. The van der Waals surface area contributed by atoms with Crippen LogP contribution in [0.25, 0.3) is 0 Å². The maximum absolute atomic E-state index is 5.80. The van der Waals surface area contributed by atoms with Crippen molar-refractivity contribution >= 4 is 21.6 Å². The Kier molecular flexibility index (Phi) is 3.61. The normalized spacial score (nSPS) is 17.9. The second-order valence-corrected chi connectivity index (χ2v) is 4.83. The Labute approximate surface area is 98.8 Å². The number of rotatable bonds is 2. The van der Waals surface area contributed by atoms with Crippen LogP contribution < -0.4 is 11.1 Å². The molecule has 0 aromatic heterocycles. The van der Waals surface area contributed by atoms with E-state index < -0.39 is 0 Å². The number of halogens is 1. The molecule has 1 heterocycles. The molecule has 1 aromatic rings. The lowest BCUT2D eigenvalue weighted by molar-refractivity contribution is 0.233. The molecule has 3 N–H and O–H groups in total. The SMILES string of the molecule is Nc1cc(Br)cc(CN2CCNCC2)c1. The van der Waals surface area contributed by atoms with Crippen molar-refractivity contribution in [3.8, 4) is 0 Å². The van der Waals surface area contributed by atoms with E-state index in [1.807, 2.05) is 12.1 Å². The lowest BCUT2D eigenvalue weighted by Crippen LogP contribution is -2.42. The van der Waals surface area contributed by atoms with Crippen LogP contribution in [-0.2, 0) is 6.54 Å². The second kappa shape index (κ2) is 4.96. The molecule has 15 heavy (non-hydrogen) atoms. The Hall–Kier alpha value is -0.580. The molecule has 1 aliphatic heterocycles. The number of piperazine rings is 1. The van der Waals surface area contributed by atoms with Crippen LogP contribution in [0.15, 0.2) is 22.7 Å². The van der Waals surface area contributed by atoms with Gasteiger partial charge in [0.2, 0.25) is 0 Å². The third-order valence-electron chi connectivity index (χ3n) is 2.60. The van der Waals surface area contributed by atoms with Gasteiger partial charge < -0.3 is 11.1 Å². The highest BCUT2D eigenvalue weighted by molar-refractivity contribution is 9.10. The largest absolute Gasteiger partial charge is 0.399 e. The van der Waals surface area contributed by atoms with E-state index in [0.29, 0.717) is 0 Å². The van der Waals surface area contributed by atoms with Crippen molar-refractivity contribution in [2.45, 2.75) is 6.54 Å². The zero-order valence-corrected chi connectivity index (χ0v) is 10.3. The minimum Gasteiger partial charge on any atom is -0.399 e. The highest BCUT2D eigenvalue weighted by Crippen LogP contribution is 2.18. The van der Waals surface area contributed by atoms with Crippen molar-refractivity contribution < 1.29 is 0 Å². The Morgan fingerprint density at radius 2 is 2.00 bits per heavy atom. The predicted octanol–water partition coefficient (Wildman–Crippen LogP) is 1.44. The van der Waals surface area contributed by atoms with Gasteiger partial charge in [-0.3, -0.25) is 4.90 Å². The topological polar surface area (TPSA) is 41.3 Å². The summed E-state index contributed by atoms with van der Waals surface area (Å²) in [6.07, 6.45) is 0. The van der Waals surface area contributed by atoms with Crippen LogP contribution in [0.3, 0.4) is 0 Å². The smallest absolute Gasteiger partial charge is 0.0328 e. The lowest BCUT2D eigenvalue weighted by atomic mass is 10.2. The average Bonchev–Trinajstić information content (AvgIpc) is 2.17. The molecule has 1 saturated heterocycles. The summed E-state index contributed by atoms with van der Waals surface area (Å²) in [5, 5.41) is 3.35. The average molecular weight is 270 g/mol. The maximum Gasteiger partial charge on any atom is 0.0328 e. The molecule has 0 atom stereocenters. The van der Waals surface area contributed by atoms with Gasteiger partial charge in [-0.15, -0.1) is 0 Å². The van der Waals surface area contributed by atoms with Crippen molar-refractivity contribution in [2.75, 3.05) is 31.9 Å². The summed E-state index contributed by atoms with van der Waals surface area (Å²) in [7, 11) is 0. The van der Waals surface area contributed by atoms with E-state index in [4.69, 9.17) is 5.73 Å². The summed E-state index contributed by atoms with van der Waals surface area (Å²) in [6, 6.07) is 6.12. The Morgan fingerprint density at radius 3 is 2.67 bits per heavy atom. The molecule has 0 spiro atoms. The number of nitrogen functional groups attached to an aromatic ring is 1. The first-order valence-electron chi connectivity index (χ1n) is 5.22. The second-order valence-electron chi connectivity index (χ2n) is 3.92. The van der Waals surface area contributed by atoms with Crippen LogP contribution in [0, 0.1) is 0 Å². The van der Waals surface area contributed by atoms with Crippen LogP contribution in [-0.4, -0.2) is 31.1 Å². The zero-order valence-electron chi connectivity index (χ0n) is 8.67. The van der Waals surface area contributed by atoms with Crippen molar-refractivity contribution in [3.05, 3.63) is 28.2 Å². The Bertz CT molecular complexity index is 314. The van der Waals surface area contributed by atoms with E-state index in [2.05, 4.69) is 32.2 Å². The number of nitrogens with one attached hydrogen (secondary N) is 1. The lowest BCUT2D eigenvalue weighted by Gasteiger charge is -2.27. The minimum absolute atomic E-state index is 0.828. The van der Waals surface area contributed by atoms with Crippen molar-refractivity contribution in [1.29, 1.82) is 0 Å². The van der Waals surface area contributed by atoms with Gasteiger partial charge in [0.05, 0.1) is 0 Å². The summed E-state index contributed by atoms with van der Waals surface area (Å²) in [6.45, 7) is 5.40. The molecule has 1 aromatic carbocycles. The number of hydrogen-bond acceptors (Lipinski definition) is 3. The molecule has 2 rings (SSSR count). The quantitative estimate of drug-likeness (QED) is 0.799. The number of anilines is 1. The predicted molar refractivity (Wildman–Crippen MR) is 66.7 cm³/mol. The van der Waals surface area contributed by atoms with Gasteiger partial charge in [0.15, 0.2) is 0 Å².